The van der Waals surface area contributed by atoms with Crippen LogP contribution in [-0.2, 0) is 0 Å². The highest BCUT2D eigenvalue weighted by atomic mass is 79.9. The number of carbonyl (C=O) groups is 1. The molecule has 2 rings (SSSR count). The Kier molecular flexibility index (Phi) is 3.87. The molecule has 2 nitrogen and oxygen atoms in total. The molecule has 1 aromatic heterocycles. The zero-order valence-corrected chi connectivity index (χ0v) is 11.4. The fourth-order valence-electron chi connectivity index (χ4n) is 1.71. The lowest BCUT2D eigenvalue weighted by Crippen LogP contribution is -2.04. The Morgan fingerprint density at radius 1 is 1.22 bits per heavy atom. The van der Waals surface area contributed by atoms with E-state index in [2.05, 4.69) is 20.9 Å². The summed E-state index contributed by atoms with van der Waals surface area (Å²) in [5, 5.41) is 0.283. The van der Waals surface area contributed by atoms with Gasteiger partial charge in [-0.25, -0.2) is 4.39 Å². The van der Waals surface area contributed by atoms with Crippen molar-refractivity contribution in [1.82, 2.24) is 4.98 Å². The molecule has 0 radical (unpaired) electrons. The topological polar surface area (TPSA) is 30.0 Å². The molecule has 4 heteroatoms. The van der Waals surface area contributed by atoms with Gasteiger partial charge < -0.3 is 0 Å². The summed E-state index contributed by atoms with van der Waals surface area (Å²) in [6, 6.07) is 9.65. The van der Waals surface area contributed by atoms with Gasteiger partial charge >= 0.3 is 0 Å². The van der Waals surface area contributed by atoms with Crippen molar-refractivity contribution in [2.75, 3.05) is 5.33 Å². The monoisotopic (exact) mass is 307 g/mol. The van der Waals surface area contributed by atoms with E-state index in [-0.39, 0.29) is 16.9 Å². The second-order valence-corrected chi connectivity index (χ2v) is 4.45. The smallest absolute Gasteiger partial charge is 0.175 e. The highest BCUT2D eigenvalue weighted by Crippen LogP contribution is 2.19. The average molecular weight is 308 g/mol. The molecule has 18 heavy (non-hydrogen) atoms. The average Bonchev–Trinajstić information content (AvgIpc) is 2.38. The van der Waals surface area contributed by atoms with Crippen molar-refractivity contribution in [3.63, 3.8) is 0 Å². The summed E-state index contributed by atoms with van der Waals surface area (Å²) in [6.45, 7) is 1.79. The van der Waals surface area contributed by atoms with Gasteiger partial charge in [-0.15, -0.1) is 0 Å². The second kappa shape index (κ2) is 5.40. The van der Waals surface area contributed by atoms with Crippen LogP contribution >= 0.6 is 15.9 Å². The number of rotatable bonds is 3. The van der Waals surface area contributed by atoms with E-state index in [0.717, 1.165) is 11.3 Å². The molecule has 2 aromatic rings. The van der Waals surface area contributed by atoms with Crippen molar-refractivity contribution < 1.29 is 9.18 Å². The third kappa shape index (κ3) is 2.64. The van der Waals surface area contributed by atoms with Crippen molar-refractivity contribution in [2.45, 2.75) is 6.92 Å². The van der Waals surface area contributed by atoms with Crippen LogP contribution in [0.5, 0.6) is 0 Å². The summed E-state index contributed by atoms with van der Waals surface area (Å²) < 4.78 is 12.8. The summed E-state index contributed by atoms with van der Waals surface area (Å²) in [5.74, 6) is -0.271. The molecule has 92 valence electrons. The van der Waals surface area contributed by atoms with Crippen LogP contribution < -0.4 is 0 Å². The summed E-state index contributed by atoms with van der Waals surface area (Å²) in [6.07, 6.45) is 0. The van der Waals surface area contributed by atoms with Crippen molar-refractivity contribution in [3.8, 4) is 11.3 Å². The van der Waals surface area contributed by atoms with E-state index < -0.39 is 0 Å². The van der Waals surface area contributed by atoms with E-state index in [1.807, 2.05) is 0 Å². The fraction of sp³-hybridized carbons (Fsp3) is 0.143. The lowest BCUT2D eigenvalue weighted by molar-refractivity contribution is 0.102. The van der Waals surface area contributed by atoms with Crippen molar-refractivity contribution in [1.29, 1.82) is 0 Å². The van der Waals surface area contributed by atoms with Gasteiger partial charge in [-0.05, 0) is 43.3 Å². The van der Waals surface area contributed by atoms with Crippen LogP contribution in [0.15, 0.2) is 36.4 Å². The molecular weight excluding hydrogens is 297 g/mol. The van der Waals surface area contributed by atoms with Gasteiger partial charge in [0.1, 0.15) is 5.82 Å². The molecule has 0 saturated heterocycles. The number of ketones is 1. The Morgan fingerprint density at radius 3 is 2.44 bits per heavy atom. The number of hydrogen-bond acceptors (Lipinski definition) is 2. The van der Waals surface area contributed by atoms with Gasteiger partial charge in [-0.2, -0.15) is 0 Å². The minimum absolute atomic E-state index is 0.00524. The molecule has 0 saturated carbocycles. The Balaban J connectivity index is 2.40. The maximum absolute atomic E-state index is 12.8. The van der Waals surface area contributed by atoms with Crippen LogP contribution in [0.4, 0.5) is 4.39 Å². The van der Waals surface area contributed by atoms with Crippen molar-refractivity contribution in [3.05, 3.63) is 53.5 Å². The first-order chi connectivity index (χ1) is 8.61. The predicted octanol–water partition coefficient (Wildman–Crippen LogP) is 3.77. The number of hydrogen-bond donors (Lipinski definition) is 0. The molecule has 1 heterocycles. The van der Waals surface area contributed by atoms with Crippen LogP contribution in [0, 0.1) is 12.7 Å². The van der Waals surface area contributed by atoms with E-state index in [1.54, 1.807) is 31.2 Å². The normalized spacial score (nSPS) is 10.4. The third-order valence-corrected chi connectivity index (χ3v) is 3.16. The first-order valence-electron chi connectivity index (χ1n) is 5.44. The highest BCUT2D eigenvalue weighted by Gasteiger charge is 2.10. The van der Waals surface area contributed by atoms with Gasteiger partial charge in [0.25, 0.3) is 0 Å². The summed E-state index contributed by atoms with van der Waals surface area (Å²) in [5.41, 5.74) is 2.86. The second-order valence-electron chi connectivity index (χ2n) is 3.89. The Bertz CT molecular complexity index is 581. The molecule has 0 spiro atoms. The summed E-state index contributed by atoms with van der Waals surface area (Å²) >= 11 is 3.14. The number of nitrogens with zero attached hydrogens (tertiary/aromatic N) is 1. The number of benzene rings is 1. The zero-order chi connectivity index (χ0) is 13.1. The third-order valence-electron chi connectivity index (χ3n) is 2.65. The molecule has 0 aliphatic heterocycles. The molecule has 0 N–H and O–H groups in total. The quantitative estimate of drug-likeness (QED) is 0.638. The van der Waals surface area contributed by atoms with Crippen LogP contribution in [-0.4, -0.2) is 16.1 Å². The Labute approximate surface area is 113 Å². The largest absolute Gasteiger partial charge is 0.293 e. The molecule has 1 aromatic carbocycles. The number of pyridine rings is 1. The number of Topliss-reactive ketones (excluding diaryl/α,β-unsaturated/α-hetero) is 1. The molecule has 0 unspecified atom stereocenters. The van der Waals surface area contributed by atoms with Gasteiger partial charge in [0.05, 0.1) is 11.0 Å². The van der Waals surface area contributed by atoms with E-state index in [9.17, 15) is 9.18 Å². The lowest BCUT2D eigenvalue weighted by atomic mass is 10.1. The molecular formula is C14H11BrFNO. The lowest BCUT2D eigenvalue weighted by Gasteiger charge is -2.06. The molecule has 0 bridgehead atoms. The minimum Gasteiger partial charge on any atom is -0.293 e. The minimum atomic E-state index is -0.276. The zero-order valence-electron chi connectivity index (χ0n) is 9.78. The van der Waals surface area contributed by atoms with E-state index in [4.69, 9.17) is 0 Å². The van der Waals surface area contributed by atoms with E-state index in [0.29, 0.717) is 11.3 Å². The molecule has 0 aliphatic rings. The van der Waals surface area contributed by atoms with Gasteiger partial charge in [0, 0.05) is 16.8 Å². The molecule has 0 amide bonds. The maximum atomic E-state index is 12.8. The Morgan fingerprint density at radius 2 is 1.89 bits per heavy atom. The van der Waals surface area contributed by atoms with Crippen LogP contribution in [0.3, 0.4) is 0 Å². The molecule has 0 aliphatic carbocycles. The van der Waals surface area contributed by atoms with Crippen molar-refractivity contribution >= 4 is 21.7 Å². The van der Waals surface area contributed by atoms with Gasteiger partial charge in [0.2, 0.25) is 0 Å². The number of aryl methyl sites for hydroxylation is 1. The van der Waals surface area contributed by atoms with Crippen LogP contribution in [0.2, 0.25) is 0 Å². The number of alkyl halides is 1. The fourth-order valence-corrected chi connectivity index (χ4v) is 2.01. The van der Waals surface area contributed by atoms with Gasteiger partial charge in [-0.1, -0.05) is 15.9 Å². The number of aromatic nitrogens is 1. The number of carbonyl (C=O) groups excluding carboxylic acids is 1. The van der Waals surface area contributed by atoms with E-state index in [1.165, 1.54) is 12.1 Å². The molecule has 0 atom stereocenters. The molecule has 0 fully saturated rings. The van der Waals surface area contributed by atoms with Crippen LogP contribution in [0.1, 0.15) is 16.1 Å². The summed E-state index contributed by atoms with van der Waals surface area (Å²) in [7, 11) is 0. The Hall–Kier alpha value is -1.55. The summed E-state index contributed by atoms with van der Waals surface area (Å²) in [4.78, 5) is 16.0. The van der Waals surface area contributed by atoms with Crippen LogP contribution in [0.25, 0.3) is 11.3 Å². The van der Waals surface area contributed by atoms with E-state index >= 15 is 0 Å². The predicted molar refractivity (Wildman–Crippen MR) is 72.5 cm³/mol. The highest BCUT2D eigenvalue weighted by molar-refractivity contribution is 9.09. The van der Waals surface area contributed by atoms with Gasteiger partial charge in [-0.3, -0.25) is 9.78 Å². The number of halogens is 2. The van der Waals surface area contributed by atoms with Gasteiger partial charge in [0.15, 0.2) is 5.78 Å². The maximum Gasteiger partial charge on any atom is 0.175 e. The standard InChI is InChI=1S/C14H11BrFNO/c1-9-12(14(18)8-15)6-7-13(17-9)10-2-4-11(16)5-3-10/h2-7H,8H2,1H3. The first kappa shape index (κ1) is 12.9. The van der Waals surface area contributed by atoms with Crippen molar-refractivity contribution in [2.24, 2.45) is 0 Å². The first-order valence-corrected chi connectivity index (χ1v) is 6.56. The SMILES string of the molecule is Cc1nc(-c2ccc(F)cc2)ccc1C(=O)CBr.